The van der Waals surface area contributed by atoms with Crippen LogP contribution < -0.4 is 4.74 Å². The molecule has 1 aliphatic heterocycles. The highest BCUT2D eigenvalue weighted by atomic mass is 16.6. The molecule has 0 amide bonds. The van der Waals surface area contributed by atoms with Crippen molar-refractivity contribution in [1.82, 2.24) is 4.98 Å². The van der Waals surface area contributed by atoms with Crippen LogP contribution in [0.5, 0.6) is 5.75 Å². The second kappa shape index (κ2) is 22.6. The highest BCUT2D eigenvalue weighted by molar-refractivity contribution is 5.84. The zero-order valence-corrected chi connectivity index (χ0v) is 25.1. The van der Waals surface area contributed by atoms with Gasteiger partial charge in [-0.1, -0.05) is 31.5 Å². The Kier molecular flexibility index (Phi) is 18.6. The molecule has 0 unspecified atom stereocenters. The van der Waals surface area contributed by atoms with E-state index in [0.717, 1.165) is 29.5 Å². The molecule has 42 heavy (non-hydrogen) atoms. The van der Waals surface area contributed by atoms with Gasteiger partial charge in [0.15, 0.2) is 0 Å². The Morgan fingerprint density at radius 3 is 1.93 bits per heavy atom. The zero-order chi connectivity index (χ0) is 29.4. The monoisotopic (exact) mass is 595 g/mol. The van der Waals surface area contributed by atoms with Gasteiger partial charge in [-0.05, 0) is 18.6 Å². The summed E-state index contributed by atoms with van der Waals surface area (Å²) < 4.78 is 58.1. The van der Waals surface area contributed by atoms with Crippen molar-refractivity contribution < 1.29 is 47.4 Å². The summed E-state index contributed by atoms with van der Waals surface area (Å²) in [4.78, 5) is 4.40. The molecule has 0 bridgehead atoms. The van der Waals surface area contributed by atoms with Gasteiger partial charge in [0.05, 0.1) is 106 Å². The van der Waals surface area contributed by atoms with E-state index in [1.807, 2.05) is 30.3 Å². The number of ether oxygens (including phenoxy) is 10. The largest absolute Gasteiger partial charge is 0.489 e. The molecule has 238 valence electrons. The molecule has 11 heteroatoms. The summed E-state index contributed by atoms with van der Waals surface area (Å²) in [5.74, 6) is 0.754. The number of hydrogen-bond donors (Lipinski definition) is 0. The van der Waals surface area contributed by atoms with Crippen molar-refractivity contribution in [2.24, 2.45) is 0 Å². The number of hydrogen-bond acceptors (Lipinski definition) is 11. The average molecular weight is 596 g/mol. The minimum Gasteiger partial charge on any atom is -0.489 e. The molecule has 0 aliphatic carbocycles. The van der Waals surface area contributed by atoms with Crippen molar-refractivity contribution in [2.45, 2.75) is 25.4 Å². The molecule has 1 aromatic carbocycles. The smallest absolute Gasteiger partial charge is 0.145 e. The van der Waals surface area contributed by atoms with Crippen LogP contribution in [0.2, 0.25) is 0 Å². The van der Waals surface area contributed by atoms with Gasteiger partial charge in [-0.15, -0.1) is 0 Å². The maximum Gasteiger partial charge on any atom is 0.145 e. The Morgan fingerprint density at radius 1 is 0.667 bits per heavy atom. The summed E-state index contributed by atoms with van der Waals surface area (Å²) in [6, 6.07) is 9.82. The van der Waals surface area contributed by atoms with Gasteiger partial charge in [-0.25, -0.2) is 0 Å². The number of pyridine rings is 1. The minimum absolute atomic E-state index is 0.315. The number of benzene rings is 1. The van der Waals surface area contributed by atoms with Gasteiger partial charge in [0.2, 0.25) is 0 Å². The molecule has 1 saturated heterocycles. The molecule has 2 heterocycles. The highest BCUT2D eigenvalue weighted by Gasteiger charge is 2.33. The van der Waals surface area contributed by atoms with Crippen LogP contribution in [-0.2, 0) is 42.6 Å². The van der Waals surface area contributed by atoms with Gasteiger partial charge in [-0.2, -0.15) is 0 Å². The summed E-state index contributed by atoms with van der Waals surface area (Å²) in [6.07, 6.45) is 3.80. The lowest BCUT2D eigenvalue weighted by Crippen LogP contribution is -2.48. The van der Waals surface area contributed by atoms with Crippen LogP contribution in [0.25, 0.3) is 10.9 Å². The molecular weight excluding hydrogens is 546 g/mol. The van der Waals surface area contributed by atoms with E-state index >= 15 is 0 Å². The van der Waals surface area contributed by atoms with E-state index in [0.29, 0.717) is 119 Å². The highest BCUT2D eigenvalue weighted by Crippen LogP contribution is 2.22. The van der Waals surface area contributed by atoms with Crippen LogP contribution in [0.4, 0.5) is 0 Å². The van der Waals surface area contributed by atoms with Gasteiger partial charge >= 0.3 is 0 Å². The molecule has 0 N–H and O–H groups in total. The molecule has 11 nitrogen and oxygen atoms in total. The second-order valence-electron chi connectivity index (χ2n) is 9.78. The molecule has 0 radical (unpaired) electrons. The van der Waals surface area contributed by atoms with Gasteiger partial charge in [0.25, 0.3) is 0 Å². The molecule has 0 saturated carbocycles. The maximum atomic E-state index is 6.32. The first-order chi connectivity index (χ1) is 20.8. The molecular formula is C31H49NO10. The van der Waals surface area contributed by atoms with Crippen molar-refractivity contribution >= 4 is 10.9 Å². The number of rotatable bonds is 16. The number of aromatic nitrogens is 1. The van der Waals surface area contributed by atoms with Crippen molar-refractivity contribution in [3.8, 4) is 5.75 Å². The first kappa shape index (κ1) is 34.6. The van der Waals surface area contributed by atoms with E-state index in [1.165, 1.54) is 0 Å². The predicted molar refractivity (Wildman–Crippen MR) is 157 cm³/mol. The van der Waals surface area contributed by atoms with Crippen LogP contribution in [0.15, 0.2) is 36.5 Å². The average Bonchev–Trinajstić information content (AvgIpc) is 3.01. The SMILES string of the molecule is CCCCOCC1(OCCOCCOCCOc2cccc3cccnc23)COCCOCCOCCOCCOC1. The third-order valence-corrected chi connectivity index (χ3v) is 6.31. The lowest BCUT2D eigenvalue weighted by molar-refractivity contribution is -0.177. The topological polar surface area (TPSA) is 105 Å². The van der Waals surface area contributed by atoms with Gasteiger partial charge in [0.1, 0.15) is 23.5 Å². The number of fused-ring (bicyclic) bond motifs is 1. The Balaban J connectivity index is 1.35. The first-order valence-electron chi connectivity index (χ1n) is 15.1. The summed E-state index contributed by atoms with van der Waals surface area (Å²) in [5.41, 5.74) is 0.0875. The van der Waals surface area contributed by atoms with E-state index in [1.54, 1.807) is 6.20 Å². The Morgan fingerprint density at radius 2 is 1.26 bits per heavy atom. The quantitative estimate of drug-likeness (QED) is 0.267. The lowest BCUT2D eigenvalue weighted by atomic mass is 10.1. The zero-order valence-electron chi connectivity index (χ0n) is 25.1. The van der Waals surface area contributed by atoms with E-state index in [2.05, 4.69) is 11.9 Å². The summed E-state index contributed by atoms with van der Waals surface area (Å²) in [5, 5.41) is 1.05. The Labute approximate surface area is 249 Å². The van der Waals surface area contributed by atoms with Gasteiger partial charge in [-0.3, -0.25) is 4.98 Å². The fourth-order valence-corrected chi connectivity index (χ4v) is 4.09. The Hall–Kier alpha value is -1.93. The number of nitrogens with zero attached hydrogens (tertiary/aromatic N) is 1. The third-order valence-electron chi connectivity index (χ3n) is 6.31. The van der Waals surface area contributed by atoms with Crippen molar-refractivity contribution in [3.63, 3.8) is 0 Å². The summed E-state index contributed by atoms with van der Waals surface area (Å²) in [7, 11) is 0. The number of para-hydroxylation sites is 1. The number of unbranched alkanes of at least 4 members (excludes halogenated alkanes) is 1. The molecule has 0 spiro atoms. The molecule has 1 aliphatic rings. The summed E-state index contributed by atoms with van der Waals surface area (Å²) in [6.45, 7) is 10.3. The fourth-order valence-electron chi connectivity index (χ4n) is 4.09. The van der Waals surface area contributed by atoms with E-state index < -0.39 is 5.60 Å². The predicted octanol–water partition coefficient (Wildman–Crippen LogP) is 3.32. The van der Waals surface area contributed by atoms with Gasteiger partial charge in [0, 0.05) is 18.2 Å². The van der Waals surface area contributed by atoms with Crippen LogP contribution in [-0.4, -0.2) is 130 Å². The fraction of sp³-hybridized carbons (Fsp3) is 0.710. The van der Waals surface area contributed by atoms with E-state index in [9.17, 15) is 0 Å². The molecule has 3 rings (SSSR count). The van der Waals surface area contributed by atoms with Crippen LogP contribution in [0, 0.1) is 0 Å². The molecule has 1 fully saturated rings. The first-order valence-corrected chi connectivity index (χ1v) is 15.1. The second-order valence-corrected chi connectivity index (χ2v) is 9.78. The molecule has 2 aromatic rings. The van der Waals surface area contributed by atoms with Crippen molar-refractivity contribution in [1.29, 1.82) is 0 Å². The van der Waals surface area contributed by atoms with Crippen molar-refractivity contribution in [2.75, 3.05) is 119 Å². The van der Waals surface area contributed by atoms with Crippen LogP contribution >= 0.6 is 0 Å². The normalized spacial score (nSPS) is 17.7. The van der Waals surface area contributed by atoms with Crippen molar-refractivity contribution in [3.05, 3.63) is 36.5 Å². The van der Waals surface area contributed by atoms with Gasteiger partial charge < -0.3 is 47.4 Å². The molecule has 1 aromatic heterocycles. The standard InChI is InChI=1S/C31H49NO10/c1-2-3-10-38-25-31(26-39-19-17-34-13-11-33-12-14-35-18-20-40-27-31)42-24-22-37-16-15-36-21-23-41-29-8-4-6-28-7-5-9-32-30(28)29/h4-9H,2-3,10-27H2,1H3. The van der Waals surface area contributed by atoms with Crippen LogP contribution in [0.3, 0.4) is 0 Å². The Bertz CT molecular complexity index is 912. The maximum absolute atomic E-state index is 6.32. The van der Waals surface area contributed by atoms with E-state index in [-0.39, 0.29) is 0 Å². The van der Waals surface area contributed by atoms with Crippen LogP contribution in [0.1, 0.15) is 19.8 Å². The minimum atomic E-state index is -0.762. The summed E-state index contributed by atoms with van der Waals surface area (Å²) >= 11 is 0. The third kappa shape index (κ3) is 14.5. The molecule has 0 atom stereocenters. The van der Waals surface area contributed by atoms with E-state index in [4.69, 9.17) is 47.4 Å². The lowest BCUT2D eigenvalue weighted by Gasteiger charge is -2.33.